The molecule has 0 heterocycles. The number of carbonyl (C=O) groups is 1. The first-order chi connectivity index (χ1) is 6.85. The van der Waals surface area contributed by atoms with Gasteiger partial charge in [0.2, 0.25) is 0 Å². The molecule has 3 nitrogen and oxygen atoms in total. The standard InChI is InChI=1S/C9H8F3NO2/c10-6-3-1-2-5(4-6)9(11,12)7(13)8(14)15/h1-4,7H,13H2,(H,14,15). The molecule has 1 aromatic carbocycles. The molecular formula is C9H8F3NO2. The quantitative estimate of drug-likeness (QED) is 0.806. The van der Waals surface area contributed by atoms with Gasteiger partial charge < -0.3 is 10.8 Å². The van der Waals surface area contributed by atoms with E-state index in [2.05, 4.69) is 0 Å². The number of alkyl halides is 2. The van der Waals surface area contributed by atoms with Crippen molar-refractivity contribution in [3.8, 4) is 0 Å². The molecular weight excluding hydrogens is 211 g/mol. The zero-order chi connectivity index (χ0) is 11.6. The molecule has 6 heteroatoms. The maximum atomic E-state index is 13.3. The van der Waals surface area contributed by atoms with Gasteiger partial charge in [-0.3, -0.25) is 4.79 Å². The summed E-state index contributed by atoms with van der Waals surface area (Å²) in [6.07, 6.45) is 0. The summed E-state index contributed by atoms with van der Waals surface area (Å²) in [5.41, 5.74) is 4.05. The summed E-state index contributed by atoms with van der Waals surface area (Å²) in [5.74, 6) is -6.51. The molecule has 0 fully saturated rings. The number of aliphatic carboxylic acids is 1. The second-order valence-corrected chi connectivity index (χ2v) is 2.95. The molecule has 82 valence electrons. The molecule has 0 saturated heterocycles. The summed E-state index contributed by atoms with van der Waals surface area (Å²) < 4.78 is 39.3. The monoisotopic (exact) mass is 219 g/mol. The van der Waals surface area contributed by atoms with Crippen molar-refractivity contribution in [2.75, 3.05) is 0 Å². The average molecular weight is 219 g/mol. The molecule has 0 bridgehead atoms. The van der Waals surface area contributed by atoms with Crippen LogP contribution in [-0.4, -0.2) is 17.1 Å². The van der Waals surface area contributed by atoms with Crippen molar-refractivity contribution in [3.63, 3.8) is 0 Å². The minimum absolute atomic E-state index is 0.558. The molecule has 15 heavy (non-hydrogen) atoms. The highest BCUT2D eigenvalue weighted by molar-refractivity contribution is 5.74. The van der Waals surface area contributed by atoms with Crippen molar-refractivity contribution in [3.05, 3.63) is 35.6 Å². The third kappa shape index (κ3) is 2.27. The van der Waals surface area contributed by atoms with Crippen LogP contribution in [0.5, 0.6) is 0 Å². The van der Waals surface area contributed by atoms with Crippen molar-refractivity contribution in [2.24, 2.45) is 5.73 Å². The molecule has 0 aliphatic carbocycles. The number of halogens is 3. The summed E-state index contributed by atoms with van der Waals surface area (Å²) in [6, 6.07) is 1.13. The van der Waals surface area contributed by atoms with Crippen LogP contribution in [0, 0.1) is 5.82 Å². The van der Waals surface area contributed by atoms with E-state index in [1.54, 1.807) is 0 Å². The lowest BCUT2D eigenvalue weighted by molar-refractivity contribution is -0.149. The van der Waals surface area contributed by atoms with Crippen molar-refractivity contribution < 1.29 is 23.1 Å². The number of hydrogen-bond donors (Lipinski definition) is 2. The van der Waals surface area contributed by atoms with E-state index in [9.17, 15) is 18.0 Å². The molecule has 0 aliphatic rings. The summed E-state index contributed by atoms with van der Waals surface area (Å²) in [7, 11) is 0. The van der Waals surface area contributed by atoms with Crippen LogP contribution in [0.1, 0.15) is 5.56 Å². The van der Waals surface area contributed by atoms with E-state index in [0.717, 1.165) is 18.2 Å². The zero-order valence-corrected chi connectivity index (χ0v) is 7.45. The first-order valence-corrected chi connectivity index (χ1v) is 3.98. The number of rotatable bonds is 3. The van der Waals surface area contributed by atoms with E-state index in [4.69, 9.17) is 10.8 Å². The van der Waals surface area contributed by atoms with E-state index >= 15 is 0 Å². The second kappa shape index (κ2) is 3.90. The Labute approximate surface area is 83.3 Å². The van der Waals surface area contributed by atoms with E-state index in [0.29, 0.717) is 6.07 Å². The predicted octanol–water partition coefficient (Wildman–Crippen LogP) is 1.33. The van der Waals surface area contributed by atoms with Crippen LogP contribution >= 0.6 is 0 Å². The summed E-state index contributed by atoms with van der Waals surface area (Å²) >= 11 is 0. The molecule has 0 aliphatic heterocycles. The Morgan fingerprint density at radius 3 is 2.53 bits per heavy atom. The van der Waals surface area contributed by atoms with Crippen LogP contribution in [0.4, 0.5) is 13.2 Å². The van der Waals surface area contributed by atoms with Gasteiger partial charge in [-0.05, 0) is 12.1 Å². The van der Waals surface area contributed by atoms with E-state index in [1.807, 2.05) is 0 Å². The number of carboxylic acid groups (broad SMARTS) is 1. The number of nitrogens with two attached hydrogens (primary N) is 1. The van der Waals surface area contributed by atoms with E-state index < -0.39 is 29.3 Å². The highest BCUT2D eigenvalue weighted by Gasteiger charge is 2.43. The van der Waals surface area contributed by atoms with Crippen molar-refractivity contribution in [1.29, 1.82) is 0 Å². The molecule has 3 N–H and O–H groups in total. The molecule has 0 spiro atoms. The Balaban J connectivity index is 3.10. The highest BCUT2D eigenvalue weighted by atomic mass is 19.3. The number of benzene rings is 1. The van der Waals surface area contributed by atoms with Crippen LogP contribution in [-0.2, 0) is 10.7 Å². The average Bonchev–Trinajstić information content (AvgIpc) is 2.16. The van der Waals surface area contributed by atoms with Gasteiger partial charge in [-0.1, -0.05) is 12.1 Å². The van der Waals surface area contributed by atoms with Crippen molar-refractivity contribution in [2.45, 2.75) is 12.0 Å². The first-order valence-electron chi connectivity index (χ1n) is 3.98. The lowest BCUT2D eigenvalue weighted by atomic mass is 10.0. The van der Waals surface area contributed by atoms with Gasteiger partial charge in [-0.25, -0.2) is 4.39 Å². The maximum absolute atomic E-state index is 13.3. The Kier molecular flexibility index (Phi) is 2.99. The minimum atomic E-state index is -3.80. The Morgan fingerprint density at radius 1 is 1.47 bits per heavy atom. The molecule has 1 unspecified atom stereocenters. The maximum Gasteiger partial charge on any atom is 0.327 e. The van der Waals surface area contributed by atoms with E-state index in [1.165, 1.54) is 0 Å². The fourth-order valence-electron chi connectivity index (χ4n) is 1.03. The number of carboxylic acids is 1. The third-order valence-electron chi connectivity index (χ3n) is 1.87. The van der Waals surface area contributed by atoms with Gasteiger partial charge in [-0.2, -0.15) is 8.78 Å². The fraction of sp³-hybridized carbons (Fsp3) is 0.222. The second-order valence-electron chi connectivity index (χ2n) is 2.95. The lowest BCUT2D eigenvalue weighted by Gasteiger charge is -2.20. The SMILES string of the molecule is NC(C(=O)O)C(F)(F)c1cccc(F)c1. The molecule has 0 radical (unpaired) electrons. The van der Waals surface area contributed by atoms with Crippen LogP contribution in [0.15, 0.2) is 24.3 Å². The Hall–Kier alpha value is -1.56. The topological polar surface area (TPSA) is 63.3 Å². The summed E-state index contributed by atoms with van der Waals surface area (Å²) in [5, 5.41) is 8.35. The van der Waals surface area contributed by atoms with Gasteiger partial charge in [0.05, 0.1) is 0 Å². The highest BCUT2D eigenvalue weighted by Crippen LogP contribution is 2.31. The van der Waals surface area contributed by atoms with E-state index in [-0.39, 0.29) is 0 Å². The smallest absolute Gasteiger partial charge is 0.327 e. The van der Waals surface area contributed by atoms with Crippen LogP contribution < -0.4 is 5.73 Å². The summed E-state index contributed by atoms with van der Waals surface area (Å²) in [4.78, 5) is 10.3. The molecule has 0 aromatic heterocycles. The first kappa shape index (κ1) is 11.5. The normalized spacial score (nSPS) is 13.6. The van der Waals surface area contributed by atoms with Crippen LogP contribution in [0.2, 0.25) is 0 Å². The van der Waals surface area contributed by atoms with Gasteiger partial charge in [0.1, 0.15) is 5.82 Å². The molecule has 0 amide bonds. The third-order valence-corrected chi connectivity index (χ3v) is 1.87. The lowest BCUT2D eigenvalue weighted by Crippen LogP contribution is -2.45. The van der Waals surface area contributed by atoms with Gasteiger partial charge in [-0.15, -0.1) is 0 Å². The summed E-state index contributed by atoms with van der Waals surface area (Å²) in [6.45, 7) is 0. The van der Waals surface area contributed by atoms with Crippen molar-refractivity contribution >= 4 is 5.97 Å². The van der Waals surface area contributed by atoms with Crippen LogP contribution in [0.3, 0.4) is 0 Å². The van der Waals surface area contributed by atoms with Gasteiger partial charge in [0, 0.05) is 5.56 Å². The Bertz CT molecular complexity index is 381. The Morgan fingerprint density at radius 2 is 2.07 bits per heavy atom. The van der Waals surface area contributed by atoms with Crippen LogP contribution in [0.25, 0.3) is 0 Å². The fourth-order valence-corrected chi connectivity index (χ4v) is 1.03. The molecule has 1 rings (SSSR count). The van der Waals surface area contributed by atoms with Crippen molar-refractivity contribution in [1.82, 2.24) is 0 Å². The predicted molar refractivity (Wildman–Crippen MR) is 45.9 cm³/mol. The largest absolute Gasteiger partial charge is 0.480 e. The van der Waals surface area contributed by atoms with Gasteiger partial charge >= 0.3 is 5.97 Å². The molecule has 0 saturated carbocycles. The minimum Gasteiger partial charge on any atom is -0.480 e. The van der Waals surface area contributed by atoms with Gasteiger partial charge in [0.25, 0.3) is 5.92 Å². The number of hydrogen-bond acceptors (Lipinski definition) is 2. The van der Waals surface area contributed by atoms with Gasteiger partial charge in [0.15, 0.2) is 6.04 Å². The zero-order valence-electron chi connectivity index (χ0n) is 7.45. The molecule has 1 aromatic rings. The molecule has 1 atom stereocenters.